The van der Waals surface area contributed by atoms with E-state index in [-0.39, 0.29) is 10.8 Å². The highest BCUT2D eigenvalue weighted by molar-refractivity contribution is 7.93. The fraction of sp³-hybridized carbons (Fsp3) is 0.417. The standard InChI is InChI=1S/C12H13NO2S/c1-10-7-8-12(10,9-13)16(14,15)11-5-3-2-4-6-11/h2-6,10H,7-8H2,1H3. The Bertz CT molecular complexity index is 530. The molecule has 3 nitrogen and oxygen atoms in total. The molecule has 0 saturated heterocycles. The minimum absolute atomic E-state index is 0.0808. The normalized spacial score (nSPS) is 29.1. The van der Waals surface area contributed by atoms with Crippen LogP contribution in [0, 0.1) is 17.2 Å². The minimum Gasteiger partial charge on any atom is -0.222 e. The lowest BCUT2D eigenvalue weighted by molar-refractivity contribution is 0.279. The van der Waals surface area contributed by atoms with Crippen molar-refractivity contribution in [3.8, 4) is 6.07 Å². The molecule has 1 fully saturated rings. The summed E-state index contributed by atoms with van der Waals surface area (Å²) >= 11 is 0. The van der Waals surface area contributed by atoms with Crippen LogP contribution in [0.1, 0.15) is 19.8 Å². The second kappa shape index (κ2) is 3.60. The Hall–Kier alpha value is -1.34. The van der Waals surface area contributed by atoms with E-state index in [9.17, 15) is 13.7 Å². The number of benzene rings is 1. The van der Waals surface area contributed by atoms with E-state index in [1.165, 1.54) is 0 Å². The molecule has 84 valence electrons. The molecule has 0 aromatic heterocycles. The fourth-order valence-corrected chi connectivity index (χ4v) is 4.22. The highest BCUT2D eigenvalue weighted by atomic mass is 32.2. The molecule has 0 amide bonds. The average molecular weight is 235 g/mol. The Balaban J connectivity index is 2.53. The van der Waals surface area contributed by atoms with Crippen molar-refractivity contribution in [2.75, 3.05) is 0 Å². The number of hydrogen-bond acceptors (Lipinski definition) is 3. The summed E-state index contributed by atoms with van der Waals surface area (Å²) in [5, 5.41) is 9.17. The first-order chi connectivity index (χ1) is 7.54. The van der Waals surface area contributed by atoms with Gasteiger partial charge in [0.1, 0.15) is 0 Å². The van der Waals surface area contributed by atoms with Gasteiger partial charge in [0, 0.05) is 0 Å². The molecule has 0 radical (unpaired) electrons. The summed E-state index contributed by atoms with van der Waals surface area (Å²) in [7, 11) is -3.52. The van der Waals surface area contributed by atoms with E-state index in [2.05, 4.69) is 0 Å². The zero-order chi connectivity index (χ0) is 11.8. The molecule has 4 heteroatoms. The van der Waals surface area contributed by atoms with Crippen molar-refractivity contribution in [1.82, 2.24) is 0 Å². The third-order valence-corrected chi connectivity index (χ3v) is 6.02. The van der Waals surface area contributed by atoms with Crippen molar-refractivity contribution in [3.05, 3.63) is 30.3 Å². The van der Waals surface area contributed by atoms with Crippen LogP contribution in [0.2, 0.25) is 0 Å². The number of nitriles is 1. The van der Waals surface area contributed by atoms with E-state index in [1.54, 1.807) is 30.3 Å². The SMILES string of the molecule is CC1CCC1(C#N)S(=O)(=O)c1ccccc1. The largest absolute Gasteiger partial charge is 0.222 e. The van der Waals surface area contributed by atoms with Crippen LogP contribution in [-0.4, -0.2) is 13.2 Å². The van der Waals surface area contributed by atoms with Crippen molar-refractivity contribution in [2.45, 2.75) is 29.4 Å². The topological polar surface area (TPSA) is 57.9 Å². The second-order valence-electron chi connectivity index (χ2n) is 4.26. The monoisotopic (exact) mass is 235 g/mol. The Kier molecular flexibility index (Phi) is 2.51. The summed E-state index contributed by atoms with van der Waals surface area (Å²) in [6.45, 7) is 1.83. The van der Waals surface area contributed by atoms with E-state index in [0.717, 1.165) is 6.42 Å². The molecular weight excluding hydrogens is 222 g/mol. The molecule has 0 heterocycles. The highest BCUT2D eigenvalue weighted by Gasteiger charge is 2.55. The Morgan fingerprint density at radius 1 is 1.38 bits per heavy atom. The van der Waals surface area contributed by atoms with Crippen molar-refractivity contribution >= 4 is 9.84 Å². The van der Waals surface area contributed by atoms with Gasteiger partial charge in [-0.3, -0.25) is 0 Å². The third kappa shape index (κ3) is 1.28. The number of rotatable bonds is 2. The summed E-state index contributed by atoms with van der Waals surface area (Å²) < 4.78 is 23.5. The van der Waals surface area contributed by atoms with Crippen LogP contribution in [0.5, 0.6) is 0 Å². The molecule has 2 atom stereocenters. The average Bonchev–Trinajstić information content (AvgIpc) is 2.29. The van der Waals surface area contributed by atoms with E-state index in [0.29, 0.717) is 6.42 Å². The van der Waals surface area contributed by atoms with Crippen molar-refractivity contribution in [2.24, 2.45) is 5.92 Å². The van der Waals surface area contributed by atoms with E-state index in [1.807, 2.05) is 13.0 Å². The molecule has 1 aliphatic rings. The van der Waals surface area contributed by atoms with Crippen molar-refractivity contribution in [3.63, 3.8) is 0 Å². The van der Waals surface area contributed by atoms with Crippen LogP contribution in [0.15, 0.2) is 35.2 Å². The lowest BCUT2D eigenvalue weighted by atomic mass is 9.75. The van der Waals surface area contributed by atoms with E-state index in [4.69, 9.17) is 0 Å². The maximum absolute atomic E-state index is 12.4. The molecule has 2 rings (SSSR count). The van der Waals surface area contributed by atoms with Gasteiger partial charge in [-0.1, -0.05) is 25.1 Å². The predicted molar refractivity (Wildman–Crippen MR) is 60.4 cm³/mol. The molecule has 0 N–H and O–H groups in total. The first kappa shape index (κ1) is 11.2. The summed E-state index contributed by atoms with van der Waals surface area (Å²) in [5.41, 5.74) is 0. The number of hydrogen-bond donors (Lipinski definition) is 0. The lowest BCUT2D eigenvalue weighted by Crippen LogP contribution is -2.50. The molecular formula is C12H13NO2S. The quantitative estimate of drug-likeness (QED) is 0.789. The van der Waals surface area contributed by atoms with Gasteiger partial charge >= 0.3 is 0 Å². The summed E-state index contributed by atoms with van der Waals surface area (Å²) in [5.74, 6) is -0.0808. The van der Waals surface area contributed by atoms with Gasteiger partial charge in [0.2, 0.25) is 0 Å². The maximum Gasteiger partial charge on any atom is 0.197 e. The maximum atomic E-state index is 12.4. The second-order valence-corrected chi connectivity index (χ2v) is 6.46. The summed E-state index contributed by atoms with van der Waals surface area (Å²) in [6, 6.07) is 10.3. The van der Waals surface area contributed by atoms with Gasteiger partial charge in [0.25, 0.3) is 0 Å². The van der Waals surface area contributed by atoms with Crippen LogP contribution in [0.3, 0.4) is 0 Å². The molecule has 0 bridgehead atoms. The van der Waals surface area contributed by atoms with Crippen LogP contribution in [-0.2, 0) is 9.84 Å². The predicted octanol–water partition coefficient (Wildman–Crippen LogP) is 2.15. The van der Waals surface area contributed by atoms with Crippen molar-refractivity contribution in [1.29, 1.82) is 5.26 Å². The molecule has 1 aromatic rings. The fourth-order valence-electron chi connectivity index (χ4n) is 2.13. The molecule has 1 saturated carbocycles. The zero-order valence-electron chi connectivity index (χ0n) is 9.05. The number of nitrogens with zero attached hydrogens (tertiary/aromatic N) is 1. The van der Waals surface area contributed by atoms with Gasteiger partial charge in [-0.15, -0.1) is 0 Å². The molecule has 0 aliphatic heterocycles. The van der Waals surface area contributed by atoms with E-state index < -0.39 is 14.6 Å². The van der Waals surface area contributed by atoms with Gasteiger partial charge in [-0.25, -0.2) is 8.42 Å². The Morgan fingerprint density at radius 2 is 2.00 bits per heavy atom. The third-order valence-electron chi connectivity index (χ3n) is 3.47. The van der Waals surface area contributed by atoms with E-state index >= 15 is 0 Å². The highest BCUT2D eigenvalue weighted by Crippen LogP contribution is 2.46. The van der Waals surface area contributed by atoms with Crippen LogP contribution in [0.25, 0.3) is 0 Å². The van der Waals surface area contributed by atoms with Crippen LogP contribution in [0.4, 0.5) is 0 Å². The van der Waals surface area contributed by atoms with Crippen LogP contribution < -0.4 is 0 Å². The molecule has 1 aliphatic carbocycles. The van der Waals surface area contributed by atoms with Gasteiger partial charge < -0.3 is 0 Å². The Morgan fingerprint density at radius 3 is 2.38 bits per heavy atom. The molecule has 0 spiro atoms. The first-order valence-electron chi connectivity index (χ1n) is 5.25. The van der Waals surface area contributed by atoms with Gasteiger partial charge in [0.15, 0.2) is 14.6 Å². The smallest absolute Gasteiger partial charge is 0.197 e. The molecule has 16 heavy (non-hydrogen) atoms. The Labute approximate surface area is 95.6 Å². The summed E-state index contributed by atoms with van der Waals surface area (Å²) in [4.78, 5) is 0.253. The van der Waals surface area contributed by atoms with Gasteiger partial charge in [0.05, 0.1) is 11.0 Å². The zero-order valence-corrected chi connectivity index (χ0v) is 9.87. The van der Waals surface area contributed by atoms with Gasteiger partial charge in [-0.05, 0) is 30.9 Å². The first-order valence-corrected chi connectivity index (χ1v) is 6.74. The van der Waals surface area contributed by atoms with Crippen molar-refractivity contribution < 1.29 is 8.42 Å². The van der Waals surface area contributed by atoms with Gasteiger partial charge in [-0.2, -0.15) is 5.26 Å². The number of sulfone groups is 1. The molecule has 2 unspecified atom stereocenters. The summed E-state index contributed by atoms with van der Waals surface area (Å²) in [6.07, 6.45) is 1.25. The minimum atomic E-state index is -3.52. The van der Waals surface area contributed by atoms with Crippen LogP contribution >= 0.6 is 0 Å². The lowest BCUT2D eigenvalue weighted by Gasteiger charge is -2.41. The molecule has 1 aromatic carbocycles.